The molecular formula is C22H12ClF3O4. The first-order valence-electron chi connectivity index (χ1n) is 8.77. The Balaban J connectivity index is 1.85. The van der Waals surface area contributed by atoms with Crippen LogP contribution in [0, 0.1) is 17.5 Å². The molecule has 0 aliphatic carbocycles. The van der Waals surface area contributed by atoms with E-state index in [1.807, 2.05) is 0 Å². The summed E-state index contributed by atoms with van der Waals surface area (Å²) in [6.45, 7) is 0. The predicted octanol–water partition coefficient (Wildman–Crippen LogP) is 5.13. The fourth-order valence-electron chi connectivity index (χ4n) is 3.45. The van der Waals surface area contributed by atoms with Gasteiger partial charge < -0.3 is 9.84 Å². The monoisotopic (exact) mass is 432 g/mol. The van der Waals surface area contributed by atoms with Crippen LogP contribution in [0.2, 0.25) is 5.02 Å². The molecule has 1 aliphatic rings. The highest BCUT2D eigenvalue weighted by Gasteiger charge is 2.34. The smallest absolute Gasteiger partial charge is 0.312 e. The third kappa shape index (κ3) is 3.41. The third-order valence-corrected chi connectivity index (χ3v) is 5.13. The second-order valence-corrected chi connectivity index (χ2v) is 7.18. The van der Waals surface area contributed by atoms with Gasteiger partial charge in [0.05, 0.1) is 12.0 Å². The first-order chi connectivity index (χ1) is 14.3. The molecule has 4 nitrogen and oxygen atoms in total. The molecule has 4 rings (SSSR count). The van der Waals surface area contributed by atoms with Crippen molar-refractivity contribution in [3.8, 4) is 11.5 Å². The summed E-state index contributed by atoms with van der Waals surface area (Å²) in [5.74, 6) is -7.32. The molecule has 0 saturated heterocycles. The fourth-order valence-corrected chi connectivity index (χ4v) is 3.58. The molecule has 0 unspecified atom stereocenters. The maximum absolute atomic E-state index is 13.8. The van der Waals surface area contributed by atoms with Crippen LogP contribution in [0.5, 0.6) is 11.5 Å². The van der Waals surface area contributed by atoms with Crippen LogP contribution in [0.3, 0.4) is 0 Å². The number of aromatic hydroxyl groups is 1. The number of ketones is 1. The highest BCUT2D eigenvalue weighted by molar-refractivity contribution is 6.30. The Bertz CT molecular complexity index is 1170. The van der Waals surface area contributed by atoms with E-state index in [1.54, 1.807) is 0 Å². The molecule has 0 fully saturated rings. The molecule has 0 bridgehead atoms. The summed E-state index contributed by atoms with van der Waals surface area (Å²) in [6, 6.07) is 10.1. The number of phenolic OH excluding ortho intramolecular Hbond substituents is 1. The molecule has 0 spiro atoms. The summed E-state index contributed by atoms with van der Waals surface area (Å²) in [4.78, 5) is 24.8. The number of phenols is 1. The topological polar surface area (TPSA) is 63.6 Å². The highest BCUT2D eigenvalue weighted by atomic mass is 35.5. The second-order valence-electron chi connectivity index (χ2n) is 6.74. The van der Waals surface area contributed by atoms with E-state index < -0.39 is 40.9 Å². The Kier molecular flexibility index (Phi) is 4.99. The Morgan fingerprint density at radius 2 is 1.67 bits per heavy atom. The highest BCUT2D eigenvalue weighted by Crippen LogP contribution is 2.46. The second kappa shape index (κ2) is 7.50. The summed E-state index contributed by atoms with van der Waals surface area (Å²) < 4.78 is 46.0. The van der Waals surface area contributed by atoms with Crippen LogP contribution in [0.4, 0.5) is 13.2 Å². The van der Waals surface area contributed by atoms with E-state index in [1.165, 1.54) is 36.4 Å². The molecular weight excluding hydrogens is 421 g/mol. The summed E-state index contributed by atoms with van der Waals surface area (Å²) in [7, 11) is 0. The van der Waals surface area contributed by atoms with Gasteiger partial charge in [-0.15, -0.1) is 0 Å². The van der Waals surface area contributed by atoms with Crippen molar-refractivity contribution >= 4 is 23.4 Å². The van der Waals surface area contributed by atoms with Crippen molar-refractivity contribution in [3.05, 3.63) is 93.3 Å². The van der Waals surface area contributed by atoms with Crippen molar-refractivity contribution in [1.29, 1.82) is 0 Å². The fraction of sp³-hybridized carbons (Fsp3) is 0.0909. The minimum atomic E-state index is -1.65. The number of rotatable bonds is 3. The van der Waals surface area contributed by atoms with Gasteiger partial charge in [-0.2, -0.15) is 0 Å². The number of carbonyl (C=O) groups is 2. The number of carbonyl (C=O) groups excluding carboxylic acids is 2. The zero-order chi connectivity index (χ0) is 21.6. The average molecular weight is 433 g/mol. The summed E-state index contributed by atoms with van der Waals surface area (Å²) in [5, 5.41) is 11.3. The van der Waals surface area contributed by atoms with Crippen molar-refractivity contribution in [3.63, 3.8) is 0 Å². The Morgan fingerprint density at radius 1 is 1.03 bits per heavy atom. The number of benzene rings is 3. The van der Waals surface area contributed by atoms with Gasteiger partial charge in [0.25, 0.3) is 0 Å². The Hall–Kier alpha value is -3.32. The molecule has 1 heterocycles. The first kappa shape index (κ1) is 20.0. The molecule has 30 heavy (non-hydrogen) atoms. The van der Waals surface area contributed by atoms with E-state index in [9.17, 15) is 27.9 Å². The molecule has 0 radical (unpaired) electrons. The minimum Gasteiger partial charge on any atom is -0.507 e. The lowest BCUT2D eigenvalue weighted by Crippen LogP contribution is -2.22. The SMILES string of the molecule is O=C1C[C@@H](c2cc(F)c(F)c(F)c2)c2c(ccc(C(=O)c3ccc(Cl)cc3)c2O)O1. The normalized spacial score (nSPS) is 15.5. The lowest BCUT2D eigenvalue weighted by atomic mass is 9.84. The van der Waals surface area contributed by atoms with Crippen molar-refractivity contribution in [2.24, 2.45) is 0 Å². The van der Waals surface area contributed by atoms with Gasteiger partial charge in [0.2, 0.25) is 0 Å². The molecule has 152 valence electrons. The maximum Gasteiger partial charge on any atom is 0.312 e. The third-order valence-electron chi connectivity index (χ3n) is 4.88. The molecule has 1 N–H and O–H groups in total. The van der Waals surface area contributed by atoms with Crippen molar-refractivity contribution in [2.75, 3.05) is 0 Å². The predicted molar refractivity (Wildman–Crippen MR) is 101 cm³/mol. The molecule has 1 atom stereocenters. The Labute approximate surface area is 173 Å². The minimum absolute atomic E-state index is 0.0137. The van der Waals surface area contributed by atoms with Gasteiger partial charge in [0.15, 0.2) is 23.2 Å². The zero-order valence-electron chi connectivity index (χ0n) is 15.1. The Morgan fingerprint density at radius 3 is 2.30 bits per heavy atom. The van der Waals surface area contributed by atoms with E-state index in [0.717, 1.165) is 12.1 Å². The number of hydrogen-bond donors (Lipinski definition) is 1. The summed E-state index contributed by atoms with van der Waals surface area (Å²) >= 11 is 5.83. The van der Waals surface area contributed by atoms with Crippen LogP contribution < -0.4 is 4.74 Å². The molecule has 8 heteroatoms. The van der Waals surface area contributed by atoms with Gasteiger partial charge in [-0.1, -0.05) is 11.6 Å². The van der Waals surface area contributed by atoms with Crippen molar-refractivity contribution < 1.29 is 32.6 Å². The van der Waals surface area contributed by atoms with E-state index in [0.29, 0.717) is 5.02 Å². The van der Waals surface area contributed by atoms with E-state index in [-0.39, 0.29) is 34.4 Å². The zero-order valence-corrected chi connectivity index (χ0v) is 15.8. The quantitative estimate of drug-likeness (QED) is 0.269. The number of fused-ring (bicyclic) bond motifs is 1. The summed E-state index contributed by atoms with van der Waals surface area (Å²) in [5.41, 5.74) is 0.0930. The van der Waals surface area contributed by atoms with Gasteiger partial charge in [-0.25, -0.2) is 13.2 Å². The molecule has 0 aromatic heterocycles. The lowest BCUT2D eigenvalue weighted by molar-refractivity contribution is -0.135. The van der Waals surface area contributed by atoms with E-state index in [2.05, 4.69) is 0 Å². The lowest BCUT2D eigenvalue weighted by Gasteiger charge is -2.26. The molecule has 3 aromatic rings. The van der Waals surface area contributed by atoms with Crippen LogP contribution in [-0.2, 0) is 4.79 Å². The van der Waals surface area contributed by atoms with Crippen LogP contribution in [-0.4, -0.2) is 16.9 Å². The number of hydrogen-bond acceptors (Lipinski definition) is 4. The van der Waals surface area contributed by atoms with Crippen molar-refractivity contribution in [1.82, 2.24) is 0 Å². The van der Waals surface area contributed by atoms with Gasteiger partial charge in [-0.05, 0) is 54.1 Å². The molecule has 0 amide bonds. The van der Waals surface area contributed by atoms with E-state index in [4.69, 9.17) is 16.3 Å². The number of ether oxygens (including phenoxy) is 1. The van der Waals surface area contributed by atoms with Crippen LogP contribution in [0.25, 0.3) is 0 Å². The van der Waals surface area contributed by atoms with Gasteiger partial charge in [-0.3, -0.25) is 9.59 Å². The van der Waals surface area contributed by atoms with Crippen LogP contribution >= 0.6 is 11.6 Å². The van der Waals surface area contributed by atoms with Crippen LogP contribution in [0.1, 0.15) is 39.4 Å². The molecule has 1 aliphatic heterocycles. The van der Waals surface area contributed by atoms with Gasteiger partial charge in [0.1, 0.15) is 11.5 Å². The molecule has 3 aromatic carbocycles. The first-order valence-corrected chi connectivity index (χ1v) is 9.15. The summed E-state index contributed by atoms with van der Waals surface area (Å²) in [6.07, 6.45) is -0.357. The van der Waals surface area contributed by atoms with Crippen molar-refractivity contribution in [2.45, 2.75) is 12.3 Å². The maximum atomic E-state index is 13.8. The van der Waals surface area contributed by atoms with Gasteiger partial charge >= 0.3 is 5.97 Å². The van der Waals surface area contributed by atoms with Gasteiger partial charge in [0, 0.05) is 22.1 Å². The number of halogens is 4. The van der Waals surface area contributed by atoms with Crippen LogP contribution in [0.15, 0.2) is 48.5 Å². The average Bonchev–Trinajstić information content (AvgIpc) is 2.71. The standard InChI is InChI=1S/C22H12ClF3O4/c23-12-3-1-10(2-4-12)21(28)13-5-6-17-19(22(13)29)14(9-18(27)30-17)11-7-15(24)20(26)16(25)8-11/h1-8,14,29H,9H2/t14-/m0/s1. The van der Waals surface area contributed by atoms with E-state index >= 15 is 0 Å². The largest absolute Gasteiger partial charge is 0.507 e. The number of esters is 1. The molecule has 0 saturated carbocycles.